The molecule has 0 aliphatic rings. The summed E-state index contributed by atoms with van der Waals surface area (Å²) in [7, 11) is 0.866. The Bertz CT molecular complexity index is 231. The van der Waals surface area contributed by atoms with E-state index in [-0.39, 0.29) is 0 Å². The van der Waals surface area contributed by atoms with Gasteiger partial charge in [-0.25, -0.2) is 4.98 Å². The third-order valence-electron chi connectivity index (χ3n) is 1.03. The maximum Gasteiger partial charge on any atom is 0.198 e. The van der Waals surface area contributed by atoms with E-state index in [0.29, 0.717) is 5.16 Å². The molecule has 0 saturated heterocycles. The van der Waals surface area contributed by atoms with Gasteiger partial charge in [0.05, 0.1) is 10.8 Å². The number of hydrogen-bond donors (Lipinski definition) is 0. The van der Waals surface area contributed by atoms with Crippen molar-refractivity contribution in [2.24, 2.45) is 7.05 Å². The molecule has 0 aromatic carbocycles. The maximum atomic E-state index is 10.8. The minimum atomic E-state index is -0.958. The zero-order valence-electron chi connectivity index (χ0n) is 5.37. The molecule has 0 saturated carbocycles. The molecule has 50 valence electrons. The van der Waals surface area contributed by atoms with Crippen LogP contribution in [0.5, 0.6) is 0 Å². The van der Waals surface area contributed by atoms with Crippen LogP contribution in [0.25, 0.3) is 0 Å². The van der Waals surface area contributed by atoms with Crippen LogP contribution in [0.1, 0.15) is 0 Å². The first-order valence-corrected chi connectivity index (χ1v) is 4.08. The predicted molar refractivity (Wildman–Crippen MR) is 35.5 cm³/mol. The van der Waals surface area contributed by atoms with Crippen molar-refractivity contribution in [3.8, 4) is 0 Å². The zero-order chi connectivity index (χ0) is 6.85. The molecule has 9 heavy (non-hydrogen) atoms. The number of nitrogens with zero attached hydrogens (tertiary/aromatic N) is 2. The molecule has 3 nitrogen and oxygen atoms in total. The van der Waals surface area contributed by atoms with Gasteiger partial charge < -0.3 is 4.57 Å². The van der Waals surface area contributed by atoms with E-state index in [0.717, 1.165) is 0 Å². The Kier molecular flexibility index (Phi) is 1.66. The van der Waals surface area contributed by atoms with E-state index < -0.39 is 10.8 Å². The highest BCUT2D eigenvalue weighted by atomic mass is 32.2. The monoisotopic (exact) mass is 144 g/mol. The van der Waals surface area contributed by atoms with Gasteiger partial charge in [0, 0.05) is 25.7 Å². The van der Waals surface area contributed by atoms with E-state index in [2.05, 4.69) is 4.98 Å². The number of aromatic nitrogens is 2. The molecule has 1 aromatic heterocycles. The third kappa shape index (κ3) is 1.18. The number of aryl methyl sites for hydroxylation is 1. The van der Waals surface area contributed by atoms with E-state index in [9.17, 15) is 4.21 Å². The van der Waals surface area contributed by atoms with E-state index in [1.54, 1.807) is 23.2 Å². The molecule has 0 radical (unpaired) electrons. The predicted octanol–water partition coefficient (Wildman–Crippen LogP) is 0.157. The summed E-state index contributed by atoms with van der Waals surface area (Å²) in [5, 5.41) is 0.620. The Balaban J connectivity index is 3.08. The molecule has 4 heteroatoms. The largest absolute Gasteiger partial charge is 0.327 e. The lowest BCUT2D eigenvalue weighted by Gasteiger charge is -1.93. The van der Waals surface area contributed by atoms with Crippen molar-refractivity contribution in [2.45, 2.75) is 5.16 Å². The molecule has 0 aliphatic carbocycles. The molecule has 0 fully saturated rings. The average molecular weight is 144 g/mol. The van der Waals surface area contributed by atoms with Crippen molar-refractivity contribution in [3.05, 3.63) is 12.4 Å². The van der Waals surface area contributed by atoms with E-state index >= 15 is 0 Å². The Morgan fingerprint density at radius 1 is 1.78 bits per heavy atom. The molecule has 0 N–H and O–H groups in total. The zero-order valence-corrected chi connectivity index (χ0v) is 6.18. The van der Waals surface area contributed by atoms with Gasteiger partial charge in [0.1, 0.15) is 0 Å². The maximum absolute atomic E-state index is 10.8. The summed E-state index contributed by atoms with van der Waals surface area (Å²) < 4.78 is 12.5. The SMILES string of the molecule is Cn1ccnc1[S@](C)=O. The molecule has 0 aliphatic heterocycles. The summed E-state index contributed by atoms with van der Waals surface area (Å²) in [6.45, 7) is 0. The van der Waals surface area contributed by atoms with Crippen LogP contribution in [0.3, 0.4) is 0 Å². The fraction of sp³-hybridized carbons (Fsp3) is 0.400. The van der Waals surface area contributed by atoms with Crippen molar-refractivity contribution >= 4 is 10.8 Å². The van der Waals surface area contributed by atoms with E-state index in [4.69, 9.17) is 0 Å². The summed E-state index contributed by atoms with van der Waals surface area (Å²) in [5.41, 5.74) is 0. The summed E-state index contributed by atoms with van der Waals surface area (Å²) >= 11 is 0. The second kappa shape index (κ2) is 2.31. The van der Waals surface area contributed by atoms with Crippen LogP contribution < -0.4 is 0 Å². The number of hydrogen-bond acceptors (Lipinski definition) is 2. The fourth-order valence-corrected chi connectivity index (χ4v) is 1.30. The Hall–Kier alpha value is -0.640. The molecule has 0 amide bonds. The van der Waals surface area contributed by atoms with Gasteiger partial charge in [0.15, 0.2) is 5.16 Å². The minimum absolute atomic E-state index is 0.620. The summed E-state index contributed by atoms with van der Waals surface area (Å²) in [5.74, 6) is 0. The molecule has 1 aromatic rings. The van der Waals surface area contributed by atoms with Crippen molar-refractivity contribution < 1.29 is 4.21 Å². The van der Waals surface area contributed by atoms with E-state index in [1.165, 1.54) is 0 Å². The fourth-order valence-electron chi connectivity index (χ4n) is 0.629. The minimum Gasteiger partial charge on any atom is -0.327 e. The lowest BCUT2D eigenvalue weighted by molar-refractivity contribution is 0.669. The van der Waals surface area contributed by atoms with Crippen molar-refractivity contribution in [3.63, 3.8) is 0 Å². The summed E-state index contributed by atoms with van der Waals surface area (Å²) in [4.78, 5) is 3.88. The van der Waals surface area contributed by atoms with Crippen LogP contribution in [0.2, 0.25) is 0 Å². The van der Waals surface area contributed by atoms with Crippen LogP contribution in [-0.2, 0) is 17.8 Å². The second-order valence-corrected chi connectivity index (χ2v) is 3.05. The highest BCUT2D eigenvalue weighted by Gasteiger charge is 2.00. The van der Waals surface area contributed by atoms with Crippen molar-refractivity contribution in [2.75, 3.05) is 6.26 Å². The lowest BCUT2D eigenvalue weighted by Crippen LogP contribution is -1.97. The van der Waals surface area contributed by atoms with Crippen LogP contribution in [0, 0.1) is 0 Å². The van der Waals surface area contributed by atoms with Gasteiger partial charge in [-0.15, -0.1) is 0 Å². The van der Waals surface area contributed by atoms with Crippen LogP contribution in [0.15, 0.2) is 17.6 Å². The van der Waals surface area contributed by atoms with Gasteiger partial charge in [-0.1, -0.05) is 0 Å². The highest BCUT2D eigenvalue weighted by Crippen LogP contribution is 1.97. The smallest absolute Gasteiger partial charge is 0.198 e. The number of rotatable bonds is 1. The Morgan fingerprint density at radius 2 is 2.44 bits per heavy atom. The molecule has 1 atom stereocenters. The lowest BCUT2D eigenvalue weighted by atomic mass is 10.9. The molecule has 1 heterocycles. The molecular formula is C5H8N2OS. The summed E-state index contributed by atoms with van der Waals surface area (Å²) in [6, 6.07) is 0. The number of imidazole rings is 1. The van der Waals surface area contributed by atoms with Gasteiger partial charge in [0.25, 0.3) is 0 Å². The Labute approximate surface area is 56.2 Å². The van der Waals surface area contributed by atoms with Crippen molar-refractivity contribution in [1.29, 1.82) is 0 Å². The first-order valence-electron chi connectivity index (χ1n) is 2.52. The molecular weight excluding hydrogens is 136 g/mol. The van der Waals surface area contributed by atoms with Gasteiger partial charge in [-0.05, 0) is 0 Å². The van der Waals surface area contributed by atoms with E-state index in [1.807, 2.05) is 7.05 Å². The third-order valence-corrected chi connectivity index (χ3v) is 1.94. The summed E-state index contributed by atoms with van der Waals surface area (Å²) in [6.07, 6.45) is 5.02. The average Bonchev–Trinajstić information content (AvgIpc) is 2.13. The quantitative estimate of drug-likeness (QED) is 0.562. The van der Waals surface area contributed by atoms with Gasteiger partial charge in [-0.3, -0.25) is 4.21 Å². The van der Waals surface area contributed by atoms with Gasteiger partial charge in [0.2, 0.25) is 0 Å². The first-order chi connectivity index (χ1) is 4.22. The van der Waals surface area contributed by atoms with Crippen LogP contribution in [-0.4, -0.2) is 20.0 Å². The molecule has 0 unspecified atom stereocenters. The second-order valence-electron chi connectivity index (χ2n) is 1.77. The topological polar surface area (TPSA) is 34.9 Å². The molecule has 1 rings (SSSR count). The van der Waals surface area contributed by atoms with Gasteiger partial charge in [-0.2, -0.15) is 0 Å². The van der Waals surface area contributed by atoms with Crippen LogP contribution >= 0.6 is 0 Å². The normalized spacial score (nSPS) is 13.6. The standard InChI is InChI=1S/C5H8N2OS/c1-7-4-3-6-5(7)9(2)8/h3-4H,1-2H3/t9-/m0/s1. The molecule has 0 spiro atoms. The molecule has 0 bridgehead atoms. The highest BCUT2D eigenvalue weighted by molar-refractivity contribution is 7.84. The first kappa shape index (κ1) is 6.48. The van der Waals surface area contributed by atoms with Gasteiger partial charge >= 0.3 is 0 Å². The van der Waals surface area contributed by atoms with Crippen LogP contribution in [0.4, 0.5) is 0 Å². The Morgan fingerprint density at radius 3 is 2.67 bits per heavy atom. The van der Waals surface area contributed by atoms with Crippen molar-refractivity contribution in [1.82, 2.24) is 9.55 Å².